The number of hydrogen-bond acceptors (Lipinski definition) is 4. The Morgan fingerprint density at radius 2 is 1.77 bits per heavy atom. The highest BCUT2D eigenvalue weighted by Gasteiger charge is 2.25. The van der Waals surface area contributed by atoms with Crippen molar-refractivity contribution in [1.29, 1.82) is 0 Å². The van der Waals surface area contributed by atoms with E-state index in [1.807, 2.05) is 42.5 Å². The van der Waals surface area contributed by atoms with E-state index < -0.39 is 0 Å². The van der Waals surface area contributed by atoms with E-state index in [0.717, 1.165) is 34.7 Å². The maximum absolute atomic E-state index is 12.6. The van der Waals surface area contributed by atoms with E-state index in [9.17, 15) is 9.59 Å². The molecule has 6 nitrogen and oxygen atoms in total. The third-order valence-corrected chi connectivity index (χ3v) is 6.25. The van der Waals surface area contributed by atoms with Crippen molar-refractivity contribution in [2.45, 2.75) is 30.9 Å². The fourth-order valence-electron chi connectivity index (χ4n) is 3.47. The molecule has 2 amide bonds. The molecule has 0 bridgehead atoms. The Bertz CT molecular complexity index is 1070. The van der Waals surface area contributed by atoms with Crippen molar-refractivity contribution < 1.29 is 9.59 Å². The number of hydrogen-bond donors (Lipinski definition) is 2. The molecule has 8 heteroatoms. The number of rotatable bonds is 8. The van der Waals surface area contributed by atoms with Crippen LogP contribution in [0.25, 0.3) is 0 Å². The number of fused-ring (bicyclic) bond motifs is 1. The first-order chi connectivity index (χ1) is 15.1. The number of benzene rings is 2. The lowest BCUT2D eigenvalue weighted by Gasteiger charge is -2.11. The molecule has 1 aliphatic rings. The molecule has 0 aliphatic carbocycles. The van der Waals surface area contributed by atoms with Crippen LogP contribution in [0, 0.1) is 0 Å². The summed E-state index contributed by atoms with van der Waals surface area (Å²) >= 11 is 7.67. The lowest BCUT2D eigenvalue weighted by Crippen LogP contribution is -2.30. The van der Waals surface area contributed by atoms with Crippen molar-refractivity contribution in [2.75, 3.05) is 11.9 Å². The molecule has 0 saturated carbocycles. The van der Waals surface area contributed by atoms with Crippen LogP contribution in [0.3, 0.4) is 0 Å². The van der Waals surface area contributed by atoms with E-state index in [0.29, 0.717) is 17.4 Å². The maximum Gasteiger partial charge on any atom is 0.241 e. The second-order valence-electron chi connectivity index (χ2n) is 7.36. The monoisotopic (exact) mass is 454 g/mol. The Morgan fingerprint density at radius 1 is 1.00 bits per heavy atom. The van der Waals surface area contributed by atoms with Gasteiger partial charge in [0.25, 0.3) is 0 Å². The van der Waals surface area contributed by atoms with E-state index in [-0.39, 0.29) is 24.8 Å². The maximum atomic E-state index is 12.6. The average molecular weight is 455 g/mol. The summed E-state index contributed by atoms with van der Waals surface area (Å²) in [5.41, 5.74) is 3.99. The first-order valence-corrected chi connectivity index (χ1v) is 11.6. The van der Waals surface area contributed by atoms with Crippen LogP contribution >= 0.6 is 23.4 Å². The minimum atomic E-state index is -0.146. The molecule has 3 aromatic rings. The van der Waals surface area contributed by atoms with Crippen LogP contribution in [0.4, 0.5) is 5.82 Å². The van der Waals surface area contributed by atoms with Crippen LogP contribution < -0.4 is 10.6 Å². The van der Waals surface area contributed by atoms with Gasteiger partial charge in [-0.2, -0.15) is 16.9 Å². The summed E-state index contributed by atoms with van der Waals surface area (Å²) < 4.78 is 1.61. The first kappa shape index (κ1) is 21.5. The van der Waals surface area contributed by atoms with Gasteiger partial charge < -0.3 is 10.6 Å². The number of nitrogens with one attached hydrogen (secondary N) is 2. The van der Waals surface area contributed by atoms with Crippen LogP contribution in [0.1, 0.15) is 22.4 Å². The zero-order chi connectivity index (χ0) is 21.6. The molecule has 31 heavy (non-hydrogen) atoms. The van der Waals surface area contributed by atoms with Crippen LogP contribution in [0.15, 0.2) is 54.6 Å². The molecule has 0 spiro atoms. The van der Waals surface area contributed by atoms with Crippen molar-refractivity contribution in [3.8, 4) is 0 Å². The zero-order valence-corrected chi connectivity index (χ0v) is 18.5. The molecule has 0 atom stereocenters. The van der Waals surface area contributed by atoms with Gasteiger partial charge in [-0.05, 0) is 29.7 Å². The minimum Gasteiger partial charge on any atom is -0.354 e. The minimum absolute atomic E-state index is 0.0724. The fourth-order valence-corrected chi connectivity index (χ4v) is 4.63. The molecule has 160 valence electrons. The van der Waals surface area contributed by atoms with E-state index in [4.69, 9.17) is 11.6 Å². The van der Waals surface area contributed by atoms with Gasteiger partial charge in [0, 0.05) is 28.6 Å². The Morgan fingerprint density at radius 3 is 2.55 bits per heavy atom. The number of aromatic nitrogens is 2. The molecular formula is C23H23ClN4O2S. The Kier molecular flexibility index (Phi) is 6.94. The normalized spacial score (nSPS) is 12.4. The molecule has 1 aromatic heterocycles. The van der Waals surface area contributed by atoms with Crippen molar-refractivity contribution in [3.05, 3.63) is 82.0 Å². The highest BCUT2D eigenvalue weighted by atomic mass is 35.5. The van der Waals surface area contributed by atoms with Crippen LogP contribution in [-0.2, 0) is 40.5 Å². The lowest BCUT2D eigenvalue weighted by atomic mass is 10.1. The molecule has 0 unspecified atom stereocenters. The lowest BCUT2D eigenvalue weighted by molar-refractivity contribution is -0.122. The van der Waals surface area contributed by atoms with Crippen molar-refractivity contribution in [3.63, 3.8) is 0 Å². The summed E-state index contributed by atoms with van der Waals surface area (Å²) in [5.74, 6) is 1.92. The third kappa shape index (κ3) is 5.68. The number of nitrogens with zero attached hydrogens (tertiary/aromatic N) is 2. The van der Waals surface area contributed by atoms with E-state index in [1.165, 1.54) is 5.56 Å². The van der Waals surface area contributed by atoms with Gasteiger partial charge >= 0.3 is 0 Å². The third-order valence-electron chi connectivity index (χ3n) is 5.03. The molecule has 4 rings (SSSR count). The van der Waals surface area contributed by atoms with Crippen molar-refractivity contribution in [2.24, 2.45) is 0 Å². The summed E-state index contributed by atoms with van der Waals surface area (Å²) in [6, 6.07) is 17.2. The SMILES string of the molecule is O=C(Cn1nc2c(c1NC(=O)Cc1ccc(Cl)cc1)CSC2)NCCc1ccccc1. The number of thioether (sulfide) groups is 1. The predicted octanol–water partition coefficient (Wildman–Crippen LogP) is 3.82. The fraction of sp³-hybridized carbons (Fsp3) is 0.261. The molecule has 2 aromatic carbocycles. The molecule has 1 aliphatic heterocycles. The molecule has 0 radical (unpaired) electrons. The van der Waals surface area contributed by atoms with Gasteiger partial charge in [-0.25, -0.2) is 4.68 Å². The molecule has 0 saturated heterocycles. The summed E-state index contributed by atoms with van der Waals surface area (Å²) in [7, 11) is 0. The predicted molar refractivity (Wildman–Crippen MR) is 124 cm³/mol. The van der Waals surface area contributed by atoms with Gasteiger partial charge in [-0.1, -0.05) is 54.1 Å². The Labute approximate surface area is 190 Å². The number of carbonyl (C=O) groups excluding carboxylic acids is 2. The number of anilines is 1. The van der Waals surface area contributed by atoms with Crippen LogP contribution in [-0.4, -0.2) is 28.1 Å². The Hall–Kier alpha value is -2.77. The van der Waals surface area contributed by atoms with Gasteiger partial charge in [0.1, 0.15) is 12.4 Å². The molecular weight excluding hydrogens is 432 g/mol. The van der Waals surface area contributed by atoms with Gasteiger partial charge in [-0.15, -0.1) is 0 Å². The topological polar surface area (TPSA) is 76.0 Å². The van der Waals surface area contributed by atoms with Gasteiger partial charge in [0.05, 0.1) is 12.1 Å². The van der Waals surface area contributed by atoms with E-state index in [2.05, 4.69) is 15.7 Å². The average Bonchev–Trinajstić information content (AvgIpc) is 3.33. The molecule has 2 N–H and O–H groups in total. The molecule has 0 fully saturated rings. The van der Waals surface area contributed by atoms with E-state index in [1.54, 1.807) is 28.6 Å². The summed E-state index contributed by atoms with van der Waals surface area (Å²) in [6.45, 7) is 0.626. The second-order valence-corrected chi connectivity index (χ2v) is 8.78. The van der Waals surface area contributed by atoms with Gasteiger partial charge in [0.15, 0.2) is 0 Å². The van der Waals surface area contributed by atoms with Crippen LogP contribution in [0.2, 0.25) is 5.02 Å². The van der Waals surface area contributed by atoms with E-state index >= 15 is 0 Å². The highest BCUT2D eigenvalue weighted by Crippen LogP contribution is 2.34. The largest absolute Gasteiger partial charge is 0.354 e. The quantitative estimate of drug-likeness (QED) is 0.542. The van der Waals surface area contributed by atoms with Gasteiger partial charge in [-0.3, -0.25) is 9.59 Å². The highest BCUT2D eigenvalue weighted by molar-refractivity contribution is 7.98. The van der Waals surface area contributed by atoms with Crippen LogP contribution in [0.5, 0.6) is 0 Å². The number of halogens is 1. The summed E-state index contributed by atoms with van der Waals surface area (Å²) in [6.07, 6.45) is 0.997. The summed E-state index contributed by atoms with van der Waals surface area (Å²) in [5, 5.41) is 11.1. The second kappa shape index (κ2) is 10.0. The van der Waals surface area contributed by atoms with Gasteiger partial charge in [0.2, 0.25) is 11.8 Å². The molecule has 2 heterocycles. The number of amides is 2. The first-order valence-electron chi connectivity index (χ1n) is 10.1. The Balaban J connectivity index is 1.38. The summed E-state index contributed by atoms with van der Waals surface area (Å²) in [4.78, 5) is 25.1. The van der Waals surface area contributed by atoms with Crippen molar-refractivity contribution in [1.82, 2.24) is 15.1 Å². The standard InChI is InChI=1S/C23H23ClN4O2S/c24-18-8-6-17(7-9-18)12-21(29)26-23-19-14-31-15-20(19)27-28(23)13-22(30)25-11-10-16-4-2-1-3-5-16/h1-9H,10-15H2,(H,25,30)(H,26,29). The smallest absolute Gasteiger partial charge is 0.241 e. The zero-order valence-electron chi connectivity index (χ0n) is 16.9. The number of carbonyl (C=O) groups is 2. The van der Waals surface area contributed by atoms with Crippen molar-refractivity contribution >= 4 is 41.0 Å².